The molecule has 0 aliphatic rings. The quantitative estimate of drug-likeness (QED) is 0.854. The molecule has 2 aromatic heterocycles. The van der Waals surface area contributed by atoms with E-state index in [1.54, 1.807) is 17.6 Å². The molecule has 2 nitrogen and oxygen atoms in total. The van der Waals surface area contributed by atoms with E-state index in [4.69, 9.17) is 4.42 Å². The molecule has 0 aliphatic carbocycles. The standard InChI is InChI=1S/C13H17NOS/c1-3-5-14-13(11-4-6-15-7-11)12-9-16-8-10(12)2/h4,6-9,13-14H,3,5H2,1-2H3. The minimum absolute atomic E-state index is 0.268. The van der Waals surface area contributed by atoms with Crippen LogP contribution in [0.5, 0.6) is 0 Å². The molecule has 2 heterocycles. The summed E-state index contributed by atoms with van der Waals surface area (Å²) in [7, 11) is 0. The number of hydrogen-bond donors (Lipinski definition) is 1. The molecule has 0 radical (unpaired) electrons. The van der Waals surface area contributed by atoms with Crippen molar-refractivity contribution in [2.75, 3.05) is 6.54 Å². The second-order valence-electron chi connectivity index (χ2n) is 3.95. The SMILES string of the molecule is CCCNC(c1ccoc1)c1cscc1C. The Morgan fingerprint density at radius 3 is 2.88 bits per heavy atom. The maximum absolute atomic E-state index is 5.18. The molecule has 2 rings (SSSR count). The van der Waals surface area contributed by atoms with Gasteiger partial charge in [-0.15, -0.1) is 0 Å². The Kier molecular flexibility index (Phi) is 3.80. The summed E-state index contributed by atoms with van der Waals surface area (Å²) >= 11 is 1.75. The second-order valence-corrected chi connectivity index (χ2v) is 4.70. The summed E-state index contributed by atoms with van der Waals surface area (Å²) in [6, 6.07) is 2.30. The van der Waals surface area contributed by atoms with E-state index in [0.717, 1.165) is 13.0 Å². The molecule has 2 aromatic rings. The lowest BCUT2D eigenvalue weighted by molar-refractivity contribution is 0.548. The number of aryl methyl sites for hydroxylation is 1. The normalized spacial score (nSPS) is 12.9. The first-order valence-electron chi connectivity index (χ1n) is 5.61. The summed E-state index contributed by atoms with van der Waals surface area (Å²) in [6.45, 7) is 5.36. The van der Waals surface area contributed by atoms with Crippen LogP contribution in [0.15, 0.2) is 33.8 Å². The van der Waals surface area contributed by atoms with Crippen LogP contribution < -0.4 is 5.32 Å². The van der Waals surface area contributed by atoms with Gasteiger partial charge in [0.15, 0.2) is 0 Å². The van der Waals surface area contributed by atoms with E-state index in [9.17, 15) is 0 Å². The summed E-state index contributed by atoms with van der Waals surface area (Å²) in [4.78, 5) is 0. The van der Waals surface area contributed by atoms with Gasteiger partial charge < -0.3 is 9.73 Å². The highest BCUT2D eigenvalue weighted by molar-refractivity contribution is 7.08. The van der Waals surface area contributed by atoms with E-state index < -0.39 is 0 Å². The molecule has 0 saturated heterocycles. The minimum Gasteiger partial charge on any atom is -0.472 e. The Bertz CT molecular complexity index is 419. The van der Waals surface area contributed by atoms with Gasteiger partial charge in [-0.05, 0) is 47.8 Å². The van der Waals surface area contributed by atoms with Crippen LogP contribution in [0.25, 0.3) is 0 Å². The molecule has 0 bridgehead atoms. The molecular formula is C13H17NOS. The Labute approximate surface area is 100 Å². The lowest BCUT2D eigenvalue weighted by Gasteiger charge is -2.17. The molecule has 1 atom stereocenters. The van der Waals surface area contributed by atoms with Crippen molar-refractivity contribution in [1.82, 2.24) is 5.32 Å². The molecule has 0 saturated carbocycles. The van der Waals surface area contributed by atoms with Gasteiger partial charge in [-0.1, -0.05) is 6.92 Å². The van der Waals surface area contributed by atoms with E-state index in [1.165, 1.54) is 16.7 Å². The lowest BCUT2D eigenvalue weighted by Crippen LogP contribution is -2.22. The predicted molar refractivity (Wildman–Crippen MR) is 67.9 cm³/mol. The highest BCUT2D eigenvalue weighted by Crippen LogP contribution is 2.27. The number of furan rings is 1. The van der Waals surface area contributed by atoms with Crippen molar-refractivity contribution in [3.63, 3.8) is 0 Å². The minimum atomic E-state index is 0.268. The summed E-state index contributed by atoms with van der Waals surface area (Å²) in [5.74, 6) is 0. The molecule has 0 aliphatic heterocycles. The van der Waals surface area contributed by atoms with Crippen LogP contribution in [0.3, 0.4) is 0 Å². The molecule has 0 fully saturated rings. The second kappa shape index (κ2) is 5.32. The van der Waals surface area contributed by atoms with Gasteiger partial charge in [0.2, 0.25) is 0 Å². The van der Waals surface area contributed by atoms with Gasteiger partial charge in [0.1, 0.15) is 0 Å². The monoisotopic (exact) mass is 235 g/mol. The zero-order valence-corrected chi connectivity index (χ0v) is 10.5. The first kappa shape index (κ1) is 11.4. The zero-order chi connectivity index (χ0) is 11.4. The van der Waals surface area contributed by atoms with Gasteiger partial charge in [-0.3, -0.25) is 0 Å². The molecule has 1 unspecified atom stereocenters. The van der Waals surface area contributed by atoms with Crippen molar-refractivity contribution in [3.05, 3.63) is 46.0 Å². The third-order valence-corrected chi connectivity index (χ3v) is 3.56. The number of nitrogens with one attached hydrogen (secondary N) is 1. The van der Waals surface area contributed by atoms with Crippen LogP contribution in [-0.2, 0) is 0 Å². The van der Waals surface area contributed by atoms with Gasteiger partial charge >= 0.3 is 0 Å². The van der Waals surface area contributed by atoms with Crippen LogP contribution >= 0.6 is 11.3 Å². The number of hydrogen-bond acceptors (Lipinski definition) is 3. The van der Waals surface area contributed by atoms with Crippen molar-refractivity contribution < 1.29 is 4.42 Å². The van der Waals surface area contributed by atoms with Crippen molar-refractivity contribution in [3.8, 4) is 0 Å². The van der Waals surface area contributed by atoms with Crippen molar-refractivity contribution >= 4 is 11.3 Å². The average molecular weight is 235 g/mol. The van der Waals surface area contributed by atoms with Crippen molar-refractivity contribution in [2.45, 2.75) is 26.3 Å². The van der Waals surface area contributed by atoms with Gasteiger partial charge in [-0.2, -0.15) is 11.3 Å². The molecule has 0 spiro atoms. The summed E-state index contributed by atoms with van der Waals surface area (Å²) < 4.78 is 5.18. The fraction of sp³-hybridized carbons (Fsp3) is 0.385. The Hall–Kier alpha value is -1.06. The Balaban J connectivity index is 2.25. The Morgan fingerprint density at radius 1 is 1.44 bits per heavy atom. The molecule has 0 amide bonds. The molecule has 1 N–H and O–H groups in total. The van der Waals surface area contributed by atoms with Crippen LogP contribution in [0.1, 0.15) is 36.1 Å². The first-order chi connectivity index (χ1) is 7.83. The Morgan fingerprint density at radius 2 is 2.31 bits per heavy atom. The average Bonchev–Trinajstić information content (AvgIpc) is 2.91. The summed E-state index contributed by atoms with van der Waals surface area (Å²) in [5, 5.41) is 7.97. The van der Waals surface area contributed by atoms with Crippen LogP contribution in [0.4, 0.5) is 0 Å². The highest BCUT2D eigenvalue weighted by atomic mass is 32.1. The van der Waals surface area contributed by atoms with Crippen LogP contribution in [-0.4, -0.2) is 6.54 Å². The molecular weight excluding hydrogens is 218 g/mol. The topological polar surface area (TPSA) is 25.2 Å². The fourth-order valence-corrected chi connectivity index (χ4v) is 2.68. The van der Waals surface area contributed by atoms with Crippen molar-refractivity contribution in [1.29, 1.82) is 0 Å². The van der Waals surface area contributed by atoms with Crippen LogP contribution in [0.2, 0.25) is 0 Å². The van der Waals surface area contributed by atoms with E-state index in [-0.39, 0.29) is 6.04 Å². The lowest BCUT2D eigenvalue weighted by atomic mass is 10.0. The molecule has 16 heavy (non-hydrogen) atoms. The molecule has 86 valence electrons. The van der Waals surface area contributed by atoms with Gasteiger partial charge in [-0.25, -0.2) is 0 Å². The first-order valence-corrected chi connectivity index (χ1v) is 6.55. The maximum atomic E-state index is 5.18. The van der Waals surface area contributed by atoms with Gasteiger partial charge in [0.25, 0.3) is 0 Å². The van der Waals surface area contributed by atoms with E-state index >= 15 is 0 Å². The van der Waals surface area contributed by atoms with Gasteiger partial charge in [0.05, 0.1) is 18.6 Å². The third kappa shape index (κ3) is 2.36. The third-order valence-electron chi connectivity index (χ3n) is 2.68. The molecule has 0 aromatic carbocycles. The van der Waals surface area contributed by atoms with E-state index in [0.29, 0.717) is 0 Å². The number of thiophene rings is 1. The molecule has 3 heteroatoms. The predicted octanol–water partition coefficient (Wildman–Crippen LogP) is 3.74. The van der Waals surface area contributed by atoms with Crippen molar-refractivity contribution in [2.24, 2.45) is 0 Å². The fourth-order valence-electron chi connectivity index (χ4n) is 1.80. The van der Waals surface area contributed by atoms with Crippen LogP contribution in [0, 0.1) is 6.92 Å². The zero-order valence-electron chi connectivity index (χ0n) is 9.69. The number of rotatable bonds is 5. The smallest absolute Gasteiger partial charge is 0.0953 e. The highest BCUT2D eigenvalue weighted by Gasteiger charge is 2.16. The van der Waals surface area contributed by atoms with E-state index in [2.05, 4.69) is 29.9 Å². The largest absolute Gasteiger partial charge is 0.472 e. The summed E-state index contributed by atoms with van der Waals surface area (Å²) in [5.41, 5.74) is 3.91. The maximum Gasteiger partial charge on any atom is 0.0953 e. The summed E-state index contributed by atoms with van der Waals surface area (Å²) in [6.07, 6.45) is 4.69. The van der Waals surface area contributed by atoms with E-state index in [1.807, 2.05) is 12.3 Å². The van der Waals surface area contributed by atoms with Gasteiger partial charge in [0, 0.05) is 5.56 Å².